The standard InChI is InChI=1S/C18H13Br/c19-16-10-6-9-15(13-16)18-12-5-4-11-17(18)14-7-2-1-3-8-14/h1-13H. The Bertz CT molecular complexity index is 687. The van der Waals surface area contributed by atoms with Gasteiger partial charge in [-0.3, -0.25) is 0 Å². The van der Waals surface area contributed by atoms with E-state index in [-0.39, 0.29) is 0 Å². The van der Waals surface area contributed by atoms with Crippen molar-refractivity contribution < 1.29 is 0 Å². The highest BCUT2D eigenvalue weighted by molar-refractivity contribution is 9.10. The van der Waals surface area contributed by atoms with Gasteiger partial charge in [-0.15, -0.1) is 0 Å². The van der Waals surface area contributed by atoms with Crippen LogP contribution in [-0.4, -0.2) is 0 Å². The summed E-state index contributed by atoms with van der Waals surface area (Å²) in [6.07, 6.45) is 0. The SMILES string of the molecule is Brc1cccc(-c2ccccc2-c2ccccc2)c1. The fourth-order valence-corrected chi connectivity index (χ4v) is 2.66. The Labute approximate surface area is 121 Å². The van der Waals surface area contributed by atoms with Crippen molar-refractivity contribution in [2.24, 2.45) is 0 Å². The molecule has 1 heteroatoms. The average molecular weight is 309 g/mol. The van der Waals surface area contributed by atoms with Gasteiger partial charge in [-0.05, 0) is 34.4 Å². The largest absolute Gasteiger partial charge is 0.0622 e. The van der Waals surface area contributed by atoms with Gasteiger partial charge in [-0.1, -0.05) is 82.7 Å². The molecule has 0 aliphatic heterocycles. The Balaban J connectivity index is 2.18. The summed E-state index contributed by atoms with van der Waals surface area (Å²) < 4.78 is 1.10. The second-order valence-corrected chi connectivity index (χ2v) is 5.34. The van der Waals surface area contributed by atoms with Gasteiger partial charge in [0, 0.05) is 4.47 Å². The topological polar surface area (TPSA) is 0 Å². The molecule has 0 N–H and O–H groups in total. The first kappa shape index (κ1) is 12.2. The average Bonchev–Trinajstić information content (AvgIpc) is 2.48. The van der Waals surface area contributed by atoms with Crippen LogP contribution < -0.4 is 0 Å². The quantitative estimate of drug-likeness (QED) is 0.562. The van der Waals surface area contributed by atoms with Crippen LogP contribution in [0, 0.1) is 0 Å². The van der Waals surface area contributed by atoms with Gasteiger partial charge in [-0.2, -0.15) is 0 Å². The fraction of sp³-hybridized carbons (Fsp3) is 0. The third kappa shape index (κ3) is 2.61. The summed E-state index contributed by atoms with van der Waals surface area (Å²) in [5.74, 6) is 0. The molecule has 0 saturated heterocycles. The monoisotopic (exact) mass is 308 g/mol. The minimum Gasteiger partial charge on any atom is -0.0622 e. The number of halogens is 1. The maximum Gasteiger partial charge on any atom is 0.0181 e. The lowest BCUT2D eigenvalue weighted by atomic mass is 9.95. The molecule has 0 unspecified atom stereocenters. The van der Waals surface area contributed by atoms with E-state index in [1.807, 2.05) is 6.07 Å². The van der Waals surface area contributed by atoms with Gasteiger partial charge in [0.25, 0.3) is 0 Å². The maximum absolute atomic E-state index is 3.54. The molecule has 0 nitrogen and oxygen atoms in total. The maximum atomic E-state index is 3.54. The lowest BCUT2D eigenvalue weighted by molar-refractivity contribution is 1.57. The number of hydrogen-bond donors (Lipinski definition) is 0. The number of hydrogen-bond acceptors (Lipinski definition) is 0. The van der Waals surface area contributed by atoms with Gasteiger partial charge in [0.1, 0.15) is 0 Å². The van der Waals surface area contributed by atoms with Crippen LogP contribution >= 0.6 is 15.9 Å². The number of rotatable bonds is 2. The van der Waals surface area contributed by atoms with E-state index >= 15 is 0 Å². The highest BCUT2D eigenvalue weighted by Crippen LogP contribution is 2.32. The van der Waals surface area contributed by atoms with Crippen LogP contribution in [0.5, 0.6) is 0 Å². The summed E-state index contributed by atoms with van der Waals surface area (Å²) in [5.41, 5.74) is 5.00. The van der Waals surface area contributed by atoms with Crippen LogP contribution in [0.4, 0.5) is 0 Å². The molecule has 3 rings (SSSR count). The lowest BCUT2D eigenvalue weighted by Crippen LogP contribution is -1.84. The van der Waals surface area contributed by atoms with E-state index in [9.17, 15) is 0 Å². The molecule has 0 fully saturated rings. The van der Waals surface area contributed by atoms with Gasteiger partial charge in [-0.25, -0.2) is 0 Å². The highest BCUT2D eigenvalue weighted by Gasteiger charge is 2.06. The van der Waals surface area contributed by atoms with Crippen LogP contribution in [0.3, 0.4) is 0 Å². The molecule has 0 saturated carbocycles. The molecule has 0 atom stereocenters. The summed E-state index contributed by atoms with van der Waals surface area (Å²) in [5, 5.41) is 0. The van der Waals surface area contributed by atoms with Crippen LogP contribution in [0.25, 0.3) is 22.3 Å². The Morgan fingerprint density at radius 2 is 1.11 bits per heavy atom. The van der Waals surface area contributed by atoms with Crippen molar-refractivity contribution in [3.05, 3.63) is 83.3 Å². The van der Waals surface area contributed by atoms with Crippen molar-refractivity contribution in [1.29, 1.82) is 0 Å². The summed E-state index contributed by atoms with van der Waals surface area (Å²) in [7, 11) is 0. The molecule has 0 amide bonds. The Hall–Kier alpha value is -1.86. The molecule has 0 radical (unpaired) electrons. The molecule has 0 aliphatic rings. The molecule has 3 aromatic rings. The normalized spacial score (nSPS) is 10.4. The van der Waals surface area contributed by atoms with Gasteiger partial charge in [0.15, 0.2) is 0 Å². The predicted molar refractivity (Wildman–Crippen MR) is 85.0 cm³/mol. The molecule has 92 valence electrons. The molecule has 19 heavy (non-hydrogen) atoms. The van der Waals surface area contributed by atoms with Gasteiger partial charge >= 0.3 is 0 Å². The molecular weight excluding hydrogens is 296 g/mol. The molecule has 0 aliphatic carbocycles. The van der Waals surface area contributed by atoms with Gasteiger partial charge in [0.05, 0.1) is 0 Å². The van der Waals surface area contributed by atoms with Crippen molar-refractivity contribution in [3.63, 3.8) is 0 Å². The highest BCUT2D eigenvalue weighted by atomic mass is 79.9. The first-order valence-electron chi connectivity index (χ1n) is 6.25. The Morgan fingerprint density at radius 1 is 0.526 bits per heavy atom. The molecular formula is C18H13Br. The van der Waals surface area contributed by atoms with Gasteiger partial charge in [0.2, 0.25) is 0 Å². The lowest BCUT2D eigenvalue weighted by Gasteiger charge is -2.10. The molecule has 0 bridgehead atoms. The van der Waals surface area contributed by atoms with E-state index in [2.05, 4.69) is 88.7 Å². The summed E-state index contributed by atoms with van der Waals surface area (Å²) in [6.45, 7) is 0. The van der Waals surface area contributed by atoms with Gasteiger partial charge < -0.3 is 0 Å². The minimum atomic E-state index is 1.10. The van der Waals surface area contributed by atoms with Crippen molar-refractivity contribution in [2.75, 3.05) is 0 Å². The second kappa shape index (κ2) is 5.41. The molecule has 0 aromatic heterocycles. The third-order valence-corrected chi connectivity index (χ3v) is 3.64. The predicted octanol–water partition coefficient (Wildman–Crippen LogP) is 5.78. The zero-order valence-corrected chi connectivity index (χ0v) is 12.0. The van der Waals surface area contributed by atoms with E-state index in [1.165, 1.54) is 22.3 Å². The van der Waals surface area contributed by atoms with Crippen molar-refractivity contribution in [2.45, 2.75) is 0 Å². The summed E-state index contributed by atoms with van der Waals surface area (Å²) >= 11 is 3.54. The van der Waals surface area contributed by atoms with Crippen molar-refractivity contribution >= 4 is 15.9 Å². The zero-order valence-electron chi connectivity index (χ0n) is 10.4. The van der Waals surface area contributed by atoms with Crippen LogP contribution in [0.2, 0.25) is 0 Å². The summed E-state index contributed by atoms with van der Waals surface area (Å²) in [4.78, 5) is 0. The van der Waals surface area contributed by atoms with E-state index < -0.39 is 0 Å². The molecule has 0 spiro atoms. The molecule has 0 heterocycles. The van der Waals surface area contributed by atoms with Crippen LogP contribution in [0.1, 0.15) is 0 Å². The minimum absolute atomic E-state index is 1.10. The van der Waals surface area contributed by atoms with E-state index in [4.69, 9.17) is 0 Å². The first-order chi connectivity index (χ1) is 9.34. The van der Waals surface area contributed by atoms with Crippen LogP contribution in [-0.2, 0) is 0 Å². The van der Waals surface area contributed by atoms with E-state index in [0.29, 0.717) is 0 Å². The van der Waals surface area contributed by atoms with Crippen LogP contribution in [0.15, 0.2) is 83.3 Å². The smallest absolute Gasteiger partial charge is 0.0181 e. The molecule has 3 aromatic carbocycles. The Morgan fingerprint density at radius 3 is 1.79 bits per heavy atom. The van der Waals surface area contributed by atoms with E-state index in [1.54, 1.807) is 0 Å². The van der Waals surface area contributed by atoms with E-state index in [0.717, 1.165) is 4.47 Å². The Kier molecular flexibility index (Phi) is 3.47. The number of benzene rings is 3. The first-order valence-corrected chi connectivity index (χ1v) is 7.04. The second-order valence-electron chi connectivity index (χ2n) is 4.42. The van der Waals surface area contributed by atoms with Crippen molar-refractivity contribution in [1.82, 2.24) is 0 Å². The zero-order chi connectivity index (χ0) is 13.1. The third-order valence-electron chi connectivity index (χ3n) is 3.15. The van der Waals surface area contributed by atoms with Crippen molar-refractivity contribution in [3.8, 4) is 22.3 Å². The summed E-state index contributed by atoms with van der Waals surface area (Å²) in [6, 6.07) is 27.4. The fourth-order valence-electron chi connectivity index (χ4n) is 2.26.